The fourth-order valence-corrected chi connectivity index (χ4v) is 2.18. The summed E-state index contributed by atoms with van der Waals surface area (Å²) in [7, 11) is 0. The highest BCUT2D eigenvalue weighted by Crippen LogP contribution is 2.26. The van der Waals surface area contributed by atoms with Crippen molar-refractivity contribution >= 4 is 11.8 Å². The number of nitrogen functional groups attached to an aromatic ring is 1. The van der Waals surface area contributed by atoms with Crippen molar-refractivity contribution in [3.8, 4) is 5.75 Å². The molecule has 1 fully saturated rings. The molecule has 1 aromatic rings. The van der Waals surface area contributed by atoms with E-state index in [9.17, 15) is 4.79 Å². The number of benzene rings is 1. The van der Waals surface area contributed by atoms with Gasteiger partial charge in [-0.1, -0.05) is 0 Å². The van der Waals surface area contributed by atoms with Crippen molar-refractivity contribution in [1.82, 2.24) is 5.32 Å². The van der Waals surface area contributed by atoms with Crippen molar-refractivity contribution in [2.24, 2.45) is 0 Å². The predicted molar refractivity (Wildman–Crippen MR) is 68.6 cm³/mol. The average molecular weight is 250 g/mol. The Bertz CT molecular complexity index is 428. The SMILES string of the molecule is Nc1ccc(OC2CCCC2)cc1CNC(=O)O. The summed E-state index contributed by atoms with van der Waals surface area (Å²) in [5.74, 6) is 0.762. The first-order chi connectivity index (χ1) is 8.65. The molecule has 0 saturated heterocycles. The van der Waals surface area contributed by atoms with Crippen LogP contribution in [0.15, 0.2) is 18.2 Å². The number of anilines is 1. The van der Waals surface area contributed by atoms with E-state index < -0.39 is 6.09 Å². The summed E-state index contributed by atoms with van der Waals surface area (Å²) in [6.45, 7) is 0.197. The average Bonchev–Trinajstić information content (AvgIpc) is 2.82. The van der Waals surface area contributed by atoms with Gasteiger partial charge in [0.05, 0.1) is 6.10 Å². The molecule has 1 aliphatic rings. The number of hydrogen-bond acceptors (Lipinski definition) is 3. The Morgan fingerprint density at radius 3 is 2.83 bits per heavy atom. The molecule has 0 heterocycles. The van der Waals surface area contributed by atoms with Crippen LogP contribution in [0.3, 0.4) is 0 Å². The van der Waals surface area contributed by atoms with Crippen LogP contribution in [0.4, 0.5) is 10.5 Å². The van der Waals surface area contributed by atoms with E-state index in [1.165, 1.54) is 12.8 Å². The molecule has 1 aliphatic carbocycles. The van der Waals surface area contributed by atoms with Crippen molar-refractivity contribution in [1.29, 1.82) is 0 Å². The number of nitrogens with two attached hydrogens (primary N) is 1. The topological polar surface area (TPSA) is 84.6 Å². The Morgan fingerprint density at radius 1 is 1.44 bits per heavy atom. The van der Waals surface area contributed by atoms with Crippen LogP contribution < -0.4 is 15.8 Å². The largest absolute Gasteiger partial charge is 0.490 e. The van der Waals surface area contributed by atoms with Gasteiger partial charge in [-0.25, -0.2) is 4.79 Å². The zero-order valence-corrected chi connectivity index (χ0v) is 10.2. The van der Waals surface area contributed by atoms with E-state index in [0.717, 1.165) is 24.2 Å². The van der Waals surface area contributed by atoms with Crippen molar-refractivity contribution < 1.29 is 14.6 Å². The number of hydrogen-bond donors (Lipinski definition) is 3. The van der Waals surface area contributed by atoms with Gasteiger partial charge in [0, 0.05) is 12.2 Å². The van der Waals surface area contributed by atoms with Gasteiger partial charge < -0.3 is 20.9 Å². The number of nitrogens with one attached hydrogen (secondary N) is 1. The Labute approximate surface area is 106 Å². The molecule has 5 nitrogen and oxygen atoms in total. The van der Waals surface area contributed by atoms with Gasteiger partial charge in [-0.15, -0.1) is 0 Å². The highest BCUT2D eigenvalue weighted by Gasteiger charge is 2.16. The van der Waals surface area contributed by atoms with Crippen molar-refractivity contribution in [3.63, 3.8) is 0 Å². The molecule has 4 N–H and O–H groups in total. The van der Waals surface area contributed by atoms with Gasteiger partial charge in [0.25, 0.3) is 0 Å². The number of carbonyl (C=O) groups is 1. The molecule has 0 aliphatic heterocycles. The molecule has 1 saturated carbocycles. The third kappa shape index (κ3) is 3.29. The third-order valence-corrected chi connectivity index (χ3v) is 3.15. The molecule has 0 spiro atoms. The minimum absolute atomic E-state index is 0.197. The molecule has 1 amide bonds. The Kier molecular flexibility index (Phi) is 3.92. The molecule has 98 valence electrons. The second-order valence-corrected chi connectivity index (χ2v) is 4.54. The van der Waals surface area contributed by atoms with E-state index >= 15 is 0 Å². The molecule has 18 heavy (non-hydrogen) atoms. The van der Waals surface area contributed by atoms with E-state index in [4.69, 9.17) is 15.6 Å². The van der Waals surface area contributed by atoms with Crippen LogP contribution in [-0.2, 0) is 6.54 Å². The summed E-state index contributed by atoms with van der Waals surface area (Å²) in [5.41, 5.74) is 7.11. The van der Waals surface area contributed by atoms with E-state index in [0.29, 0.717) is 5.69 Å². The standard InChI is InChI=1S/C13H18N2O3/c14-12-6-5-11(18-10-3-1-2-4-10)7-9(12)8-15-13(16)17/h5-7,10,15H,1-4,8,14H2,(H,16,17). The predicted octanol–water partition coefficient (Wildman–Crippen LogP) is 2.36. The van der Waals surface area contributed by atoms with Gasteiger partial charge in [-0.3, -0.25) is 0 Å². The van der Waals surface area contributed by atoms with Crippen molar-refractivity contribution in [2.45, 2.75) is 38.3 Å². The lowest BCUT2D eigenvalue weighted by molar-refractivity contribution is 0.193. The fraction of sp³-hybridized carbons (Fsp3) is 0.462. The number of amides is 1. The molecule has 2 rings (SSSR count). The summed E-state index contributed by atoms with van der Waals surface area (Å²) in [6, 6.07) is 5.39. The summed E-state index contributed by atoms with van der Waals surface area (Å²) in [5, 5.41) is 10.9. The molecule has 0 bridgehead atoms. The Morgan fingerprint density at radius 2 is 2.17 bits per heavy atom. The maximum Gasteiger partial charge on any atom is 0.404 e. The molecular formula is C13H18N2O3. The maximum absolute atomic E-state index is 10.5. The quantitative estimate of drug-likeness (QED) is 0.716. The number of rotatable bonds is 4. The van der Waals surface area contributed by atoms with E-state index in [1.807, 2.05) is 12.1 Å². The zero-order valence-electron chi connectivity index (χ0n) is 10.2. The smallest absolute Gasteiger partial charge is 0.404 e. The second kappa shape index (κ2) is 5.62. The van der Waals surface area contributed by atoms with Crippen molar-refractivity contribution in [3.05, 3.63) is 23.8 Å². The van der Waals surface area contributed by atoms with Gasteiger partial charge in [0.2, 0.25) is 0 Å². The van der Waals surface area contributed by atoms with Crippen LogP contribution in [0.1, 0.15) is 31.2 Å². The normalized spacial score (nSPS) is 15.6. The number of carboxylic acid groups (broad SMARTS) is 1. The van der Waals surface area contributed by atoms with Crippen molar-refractivity contribution in [2.75, 3.05) is 5.73 Å². The Hall–Kier alpha value is -1.91. The molecule has 0 radical (unpaired) electrons. The maximum atomic E-state index is 10.5. The molecule has 0 unspecified atom stereocenters. The van der Waals surface area contributed by atoms with Crippen LogP contribution in [0.25, 0.3) is 0 Å². The first kappa shape index (κ1) is 12.5. The first-order valence-corrected chi connectivity index (χ1v) is 6.17. The van der Waals surface area contributed by atoms with Gasteiger partial charge >= 0.3 is 6.09 Å². The van der Waals surface area contributed by atoms with Crippen LogP contribution in [0, 0.1) is 0 Å². The van der Waals surface area contributed by atoms with E-state index in [1.54, 1.807) is 6.07 Å². The lowest BCUT2D eigenvalue weighted by atomic mass is 10.1. The third-order valence-electron chi connectivity index (χ3n) is 3.15. The van der Waals surface area contributed by atoms with Gasteiger partial charge in [-0.2, -0.15) is 0 Å². The summed E-state index contributed by atoms with van der Waals surface area (Å²) in [4.78, 5) is 10.5. The van der Waals surface area contributed by atoms with Crippen LogP contribution in [-0.4, -0.2) is 17.3 Å². The highest BCUT2D eigenvalue weighted by atomic mass is 16.5. The summed E-state index contributed by atoms with van der Waals surface area (Å²) in [6.07, 6.45) is 3.84. The minimum Gasteiger partial charge on any atom is -0.490 e. The second-order valence-electron chi connectivity index (χ2n) is 4.54. The lowest BCUT2D eigenvalue weighted by Crippen LogP contribution is -2.20. The minimum atomic E-state index is -1.06. The molecule has 5 heteroatoms. The molecular weight excluding hydrogens is 232 g/mol. The summed E-state index contributed by atoms with van der Waals surface area (Å²) >= 11 is 0. The van der Waals surface area contributed by atoms with Gasteiger partial charge in [0.15, 0.2) is 0 Å². The van der Waals surface area contributed by atoms with E-state index in [2.05, 4.69) is 5.32 Å². The molecule has 1 aromatic carbocycles. The lowest BCUT2D eigenvalue weighted by Gasteiger charge is -2.15. The van der Waals surface area contributed by atoms with Crippen LogP contribution >= 0.6 is 0 Å². The zero-order chi connectivity index (χ0) is 13.0. The monoisotopic (exact) mass is 250 g/mol. The molecule has 0 atom stereocenters. The highest BCUT2D eigenvalue weighted by molar-refractivity contribution is 5.65. The van der Waals surface area contributed by atoms with Crippen LogP contribution in [0.2, 0.25) is 0 Å². The Balaban J connectivity index is 2.02. The first-order valence-electron chi connectivity index (χ1n) is 6.17. The fourth-order valence-electron chi connectivity index (χ4n) is 2.18. The van der Waals surface area contributed by atoms with Crippen LogP contribution in [0.5, 0.6) is 5.75 Å². The number of ether oxygens (including phenoxy) is 1. The van der Waals surface area contributed by atoms with E-state index in [-0.39, 0.29) is 12.6 Å². The summed E-state index contributed by atoms with van der Waals surface area (Å²) < 4.78 is 5.85. The molecule has 0 aromatic heterocycles. The van der Waals surface area contributed by atoms with Gasteiger partial charge in [0.1, 0.15) is 5.75 Å². The van der Waals surface area contributed by atoms with Gasteiger partial charge in [-0.05, 0) is 49.4 Å².